The average Bonchev–Trinajstić information content (AvgIpc) is 3.04. The Labute approximate surface area is 242 Å². The topological polar surface area (TPSA) is 46.2 Å². The lowest BCUT2D eigenvalue weighted by atomic mass is 10.1. The van der Waals surface area contributed by atoms with Crippen LogP contribution in [0.1, 0.15) is 0 Å². The van der Waals surface area contributed by atoms with Crippen molar-refractivity contribution >= 4 is 45.5 Å². The van der Waals surface area contributed by atoms with Crippen molar-refractivity contribution in [2.45, 2.75) is 0 Å². The van der Waals surface area contributed by atoms with Crippen LogP contribution >= 0.6 is 0 Å². The number of rotatable bonds is 2. The van der Waals surface area contributed by atoms with Crippen LogP contribution in [0.2, 0.25) is 0 Å². The Kier molecular flexibility index (Phi) is 4.80. The fourth-order valence-corrected chi connectivity index (χ4v) is 5.90. The number of hydrogen-bond acceptors (Lipinski definition) is 6. The number of para-hydroxylation sites is 8. The second kappa shape index (κ2) is 8.81. The highest BCUT2D eigenvalue weighted by molar-refractivity contribution is 5.90. The van der Waals surface area contributed by atoms with Crippen molar-refractivity contribution < 1.29 is 14.2 Å². The van der Waals surface area contributed by atoms with E-state index in [4.69, 9.17) is 14.2 Å². The molecule has 0 fully saturated rings. The average molecular weight is 546 g/mol. The summed E-state index contributed by atoms with van der Waals surface area (Å²) in [5, 5.41) is 3.57. The van der Waals surface area contributed by atoms with Gasteiger partial charge in [0.25, 0.3) is 0 Å². The van der Waals surface area contributed by atoms with Gasteiger partial charge >= 0.3 is 0 Å². The van der Waals surface area contributed by atoms with Crippen LogP contribution in [0, 0.1) is 0 Å². The van der Waals surface area contributed by atoms with Crippen molar-refractivity contribution in [2.75, 3.05) is 15.1 Å². The van der Waals surface area contributed by atoms with Gasteiger partial charge in [0, 0.05) is 12.1 Å². The summed E-state index contributed by atoms with van der Waals surface area (Å²) in [6.07, 6.45) is 0. The van der Waals surface area contributed by atoms with Crippen molar-refractivity contribution in [2.24, 2.45) is 0 Å². The van der Waals surface area contributed by atoms with Gasteiger partial charge in [0.15, 0.2) is 34.5 Å². The normalized spacial score (nSPS) is 13.4. The molecule has 0 saturated heterocycles. The minimum Gasteiger partial charge on any atom is -0.453 e. The van der Waals surface area contributed by atoms with E-state index in [1.165, 1.54) is 0 Å². The van der Waals surface area contributed by atoms with E-state index in [1.807, 2.05) is 72.8 Å². The Morgan fingerprint density at radius 3 is 1.07 bits per heavy atom. The maximum Gasteiger partial charge on any atom is 0.153 e. The molecule has 6 nitrogen and oxygen atoms in total. The molecule has 0 bridgehead atoms. The van der Waals surface area contributed by atoms with E-state index in [2.05, 4.69) is 75.8 Å². The van der Waals surface area contributed by atoms with Gasteiger partial charge in [0.1, 0.15) is 0 Å². The number of nitrogens with zero attached hydrogens (tertiary/aromatic N) is 2. The van der Waals surface area contributed by atoms with Gasteiger partial charge in [0.05, 0.1) is 45.5 Å². The van der Waals surface area contributed by atoms with Crippen LogP contribution in [0.15, 0.2) is 133 Å². The zero-order valence-electron chi connectivity index (χ0n) is 22.3. The predicted molar refractivity (Wildman–Crippen MR) is 166 cm³/mol. The molecule has 6 aromatic carbocycles. The van der Waals surface area contributed by atoms with E-state index in [1.54, 1.807) is 0 Å². The van der Waals surface area contributed by atoms with Gasteiger partial charge in [-0.1, -0.05) is 48.5 Å². The molecule has 9 rings (SSSR count). The highest BCUT2D eigenvalue weighted by Gasteiger charge is 2.29. The summed E-state index contributed by atoms with van der Waals surface area (Å²) in [6.45, 7) is 0. The van der Waals surface area contributed by atoms with Gasteiger partial charge in [-0.15, -0.1) is 0 Å². The van der Waals surface area contributed by atoms with Crippen LogP contribution in [-0.2, 0) is 0 Å². The maximum atomic E-state index is 6.61. The van der Waals surface area contributed by atoms with Gasteiger partial charge < -0.3 is 29.3 Å². The van der Waals surface area contributed by atoms with Crippen molar-refractivity contribution in [3.63, 3.8) is 0 Å². The van der Waals surface area contributed by atoms with Gasteiger partial charge in [0.2, 0.25) is 0 Å². The molecule has 0 atom stereocenters. The summed E-state index contributed by atoms with van der Waals surface area (Å²) >= 11 is 0. The van der Waals surface area contributed by atoms with Crippen LogP contribution in [-0.4, -0.2) is 0 Å². The SMILES string of the molecule is c1ccc2c(c1)Oc1ccccc1N2c1ccc2c(c1)Oc1cc(N3c4ccccc4Oc4ccccc43)ccc1N2. The third-order valence-electron chi connectivity index (χ3n) is 7.80. The van der Waals surface area contributed by atoms with E-state index in [0.717, 1.165) is 80.0 Å². The molecular formula is C36H23N3O3. The van der Waals surface area contributed by atoms with Crippen LogP contribution < -0.4 is 29.3 Å². The lowest BCUT2D eigenvalue weighted by Crippen LogP contribution is -2.16. The molecule has 200 valence electrons. The smallest absolute Gasteiger partial charge is 0.153 e. The van der Waals surface area contributed by atoms with Crippen molar-refractivity contribution in [1.82, 2.24) is 0 Å². The first-order valence-corrected chi connectivity index (χ1v) is 13.9. The summed E-state index contributed by atoms with van der Waals surface area (Å²) in [5.74, 6) is 4.76. The summed E-state index contributed by atoms with van der Waals surface area (Å²) in [6, 6.07) is 44.8. The van der Waals surface area contributed by atoms with Gasteiger partial charge in [-0.05, 0) is 72.8 Å². The monoisotopic (exact) mass is 545 g/mol. The number of fused-ring (bicyclic) bond motifs is 6. The molecule has 0 aromatic heterocycles. The highest BCUT2D eigenvalue weighted by Crippen LogP contribution is 2.54. The molecule has 0 spiro atoms. The molecule has 42 heavy (non-hydrogen) atoms. The van der Waals surface area contributed by atoms with Crippen LogP contribution in [0.25, 0.3) is 0 Å². The minimum atomic E-state index is 0.751. The number of nitrogens with one attached hydrogen (secondary N) is 1. The second-order valence-corrected chi connectivity index (χ2v) is 10.3. The molecule has 0 amide bonds. The van der Waals surface area contributed by atoms with Crippen molar-refractivity contribution in [3.05, 3.63) is 133 Å². The molecule has 3 aliphatic rings. The number of hydrogen-bond donors (Lipinski definition) is 1. The molecule has 0 unspecified atom stereocenters. The summed E-state index contributed by atoms with van der Waals surface area (Å²) in [4.78, 5) is 4.43. The Bertz CT molecular complexity index is 1800. The molecule has 6 aromatic rings. The Hall–Kier alpha value is -5.88. The molecule has 3 heterocycles. The molecule has 1 N–H and O–H groups in total. The number of ether oxygens (including phenoxy) is 3. The quantitative estimate of drug-likeness (QED) is 0.233. The van der Waals surface area contributed by atoms with Gasteiger partial charge in [-0.2, -0.15) is 0 Å². The van der Waals surface area contributed by atoms with Crippen molar-refractivity contribution in [1.29, 1.82) is 0 Å². The summed E-state index contributed by atoms with van der Waals surface area (Å²) in [5.41, 5.74) is 7.70. The Morgan fingerprint density at radius 1 is 0.357 bits per heavy atom. The van der Waals surface area contributed by atoms with Crippen LogP contribution in [0.5, 0.6) is 34.5 Å². The Balaban J connectivity index is 1.12. The number of benzene rings is 6. The fourth-order valence-electron chi connectivity index (χ4n) is 5.90. The lowest BCUT2D eigenvalue weighted by molar-refractivity contribution is 0.475. The zero-order valence-corrected chi connectivity index (χ0v) is 22.3. The highest BCUT2D eigenvalue weighted by atomic mass is 16.5. The predicted octanol–water partition coefficient (Wildman–Crippen LogP) is 10.7. The van der Waals surface area contributed by atoms with E-state index in [0.29, 0.717) is 0 Å². The first kappa shape index (κ1) is 22.9. The lowest BCUT2D eigenvalue weighted by Gasteiger charge is -2.34. The van der Waals surface area contributed by atoms with E-state index >= 15 is 0 Å². The summed E-state index contributed by atoms with van der Waals surface area (Å²) in [7, 11) is 0. The molecule has 0 aliphatic carbocycles. The van der Waals surface area contributed by atoms with E-state index in [9.17, 15) is 0 Å². The van der Waals surface area contributed by atoms with Gasteiger partial charge in [-0.25, -0.2) is 0 Å². The third-order valence-corrected chi connectivity index (χ3v) is 7.80. The Morgan fingerprint density at radius 2 is 0.690 bits per heavy atom. The standard InChI is InChI=1S/C36H23N3O3/c1-5-13-31-27(9-1)38(28-10-2-6-14-32(28)40-31)23-17-19-25-35(21-23)42-36-22-24(18-20-26(36)37-25)39-29-11-3-7-15-33(29)41-34-16-8-4-12-30(34)39/h1-22,37H. The molecule has 3 aliphatic heterocycles. The molecular weight excluding hydrogens is 522 g/mol. The van der Waals surface area contributed by atoms with Crippen LogP contribution in [0.3, 0.4) is 0 Å². The van der Waals surface area contributed by atoms with Crippen LogP contribution in [0.4, 0.5) is 45.5 Å². The zero-order chi connectivity index (χ0) is 27.6. The third kappa shape index (κ3) is 3.45. The molecule has 0 radical (unpaired) electrons. The minimum absolute atomic E-state index is 0.751. The van der Waals surface area contributed by atoms with E-state index < -0.39 is 0 Å². The first-order chi connectivity index (χ1) is 20.8. The van der Waals surface area contributed by atoms with Crippen molar-refractivity contribution in [3.8, 4) is 34.5 Å². The number of anilines is 8. The first-order valence-electron chi connectivity index (χ1n) is 13.9. The second-order valence-electron chi connectivity index (χ2n) is 10.3. The van der Waals surface area contributed by atoms with Gasteiger partial charge in [-0.3, -0.25) is 0 Å². The molecule has 6 heteroatoms. The fraction of sp³-hybridized carbons (Fsp3) is 0. The maximum absolute atomic E-state index is 6.61. The molecule has 0 saturated carbocycles. The summed E-state index contributed by atoms with van der Waals surface area (Å²) < 4.78 is 19.0. The largest absolute Gasteiger partial charge is 0.453 e. The van der Waals surface area contributed by atoms with E-state index in [-0.39, 0.29) is 0 Å².